The number of benzene rings is 1. The maximum atomic E-state index is 12.9. The van der Waals surface area contributed by atoms with Gasteiger partial charge in [-0.1, -0.05) is 44.9 Å². The first-order valence-electron chi connectivity index (χ1n) is 8.72. The van der Waals surface area contributed by atoms with Crippen LogP contribution < -0.4 is 10.6 Å². The summed E-state index contributed by atoms with van der Waals surface area (Å²) in [7, 11) is 0. The summed E-state index contributed by atoms with van der Waals surface area (Å²) in [4.78, 5) is 12.9. The zero-order valence-corrected chi connectivity index (χ0v) is 13.9. The fraction of sp³-hybridized carbons (Fsp3) is 0.632. The number of fused-ring (bicyclic) bond motifs is 1. The van der Waals surface area contributed by atoms with Gasteiger partial charge in [-0.3, -0.25) is 4.79 Å². The van der Waals surface area contributed by atoms with Gasteiger partial charge in [0.15, 0.2) is 0 Å². The minimum atomic E-state index is -0.0168. The SMILES string of the molecule is CC1CC(C(=O)NC2CCCC(C)C2C)c2ccccc2N1. The molecule has 1 amide bonds. The predicted molar refractivity (Wildman–Crippen MR) is 91.0 cm³/mol. The van der Waals surface area contributed by atoms with Crippen molar-refractivity contribution in [2.45, 2.75) is 64.5 Å². The number of amides is 1. The Morgan fingerprint density at radius 2 is 1.95 bits per heavy atom. The largest absolute Gasteiger partial charge is 0.382 e. The van der Waals surface area contributed by atoms with Gasteiger partial charge in [0.05, 0.1) is 5.92 Å². The second kappa shape index (κ2) is 6.31. The maximum absolute atomic E-state index is 12.9. The second-order valence-corrected chi connectivity index (χ2v) is 7.30. The van der Waals surface area contributed by atoms with E-state index in [1.54, 1.807) is 0 Å². The van der Waals surface area contributed by atoms with Crippen LogP contribution in [0.3, 0.4) is 0 Å². The zero-order chi connectivity index (χ0) is 15.7. The number of nitrogens with one attached hydrogen (secondary N) is 2. The number of carbonyl (C=O) groups is 1. The molecule has 22 heavy (non-hydrogen) atoms. The molecule has 0 radical (unpaired) electrons. The molecule has 1 aliphatic carbocycles. The summed E-state index contributed by atoms with van der Waals surface area (Å²) in [6.07, 6.45) is 4.52. The number of para-hydroxylation sites is 1. The highest BCUT2D eigenvalue weighted by atomic mass is 16.2. The van der Waals surface area contributed by atoms with Gasteiger partial charge in [0.2, 0.25) is 5.91 Å². The van der Waals surface area contributed by atoms with Crippen molar-refractivity contribution in [3.8, 4) is 0 Å². The highest BCUT2D eigenvalue weighted by Crippen LogP contribution is 2.35. The van der Waals surface area contributed by atoms with Gasteiger partial charge in [0.1, 0.15) is 0 Å². The van der Waals surface area contributed by atoms with Gasteiger partial charge in [-0.15, -0.1) is 0 Å². The van der Waals surface area contributed by atoms with E-state index in [0.29, 0.717) is 23.9 Å². The molecule has 1 aliphatic heterocycles. The van der Waals surface area contributed by atoms with Crippen LogP contribution in [0, 0.1) is 11.8 Å². The molecular weight excluding hydrogens is 272 g/mol. The summed E-state index contributed by atoms with van der Waals surface area (Å²) >= 11 is 0. The van der Waals surface area contributed by atoms with E-state index < -0.39 is 0 Å². The van der Waals surface area contributed by atoms with E-state index >= 15 is 0 Å². The molecule has 1 heterocycles. The number of rotatable bonds is 2. The molecule has 0 bridgehead atoms. The molecule has 1 fully saturated rings. The summed E-state index contributed by atoms with van der Waals surface area (Å²) in [5.74, 6) is 1.48. The normalized spacial score (nSPS) is 34.4. The molecule has 120 valence electrons. The fourth-order valence-corrected chi connectivity index (χ4v) is 4.05. The van der Waals surface area contributed by atoms with Gasteiger partial charge >= 0.3 is 0 Å². The zero-order valence-electron chi connectivity index (χ0n) is 13.9. The van der Waals surface area contributed by atoms with Crippen molar-refractivity contribution in [3.63, 3.8) is 0 Å². The molecule has 2 aliphatic rings. The summed E-state index contributed by atoms with van der Waals surface area (Å²) in [6.45, 7) is 6.75. The van der Waals surface area contributed by atoms with Crippen LogP contribution in [-0.2, 0) is 4.79 Å². The number of hydrogen-bond donors (Lipinski definition) is 2. The quantitative estimate of drug-likeness (QED) is 0.869. The van der Waals surface area contributed by atoms with Crippen molar-refractivity contribution in [1.82, 2.24) is 5.32 Å². The van der Waals surface area contributed by atoms with Crippen molar-refractivity contribution in [2.75, 3.05) is 5.32 Å². The molecule has 3 rings (SSSR count). The Balaban J connectivity index is 1.75. The van der Waals surface area contributed by atoms with Crippen LogP contribution in [0.4, 0.5) is 5.69 Å². The van der Waals surface area contributed by atoms with Crippen LogP contribution >= 0.6 is 0 Å². The van der Waals surface area contributed by atoms with E-state index in [2.05, 4.69) is 43.5 Å². The third-order valence-corrected chi connectivity index (χ3v) is 5.68. The lowest BCUT2D eigenvalue weighted by Crippen LogP contribution is -2.46. The van der Waals surface area contributed by atoms with E-state index in [0.717, 1.165) is 24.1 Å². The summed E-state index contributed by atoms with van der Waals surface area (Å²) < 4.78 is 0. The summed E-state index contributed by atoms with van der Waals surface area (Å²) in [6, 6.07) is 8.91. The Kier molecular flexibility index (Phi) is 4.42. The molecule has 1 saturated carbocycles. The molecule has 5 atom stereocenters. The van der Waals surface area contributed by atoms with Crippen LogP contribution in [0.15, 0.2) is 24.3 Å². The Morgan fingerprint density at radius 3 is 2.77 bits per heavy atom. The second-order valence-electron chi connectivity index (χ2n) is 7.30. The van der Waals surface area contributed by atoms with Gasteiger partial charge in [-0.25, -0.2) is 0 Å². The van der Waals surface area contributed by atoms with E-state index in [4.69, 9.17) is 0 Å². The van der Waals surface area contributed by atoms with Crippen molar-refractivity contribution in [3.05, 3.63) is 29.8 Å². The van der Waals surface area contributed by atoms with Crippen LogP contribution in [0.1, 0.15) is 57.9 Å². The average Bonchev–Trinajstić information content (AvgIpc) is 2.51. The Hall–Kier alpha value is -1.51. The smallest absolute Gasteiger partial charge is 0.227 e. The monoisotopic (exact) mass is 300 g/mol. The predicted octanol–water partition coefficient (Wildman–Crippen LogP) is 3.92. The first-order valence-corrected chi connectivity index (χ1v) is 8.72. The Labute approximate surface area is 133 Å². The summed E-state index contributed by atoms with van der Waals surface area (Å²) in [5, 5.41) is 6.85. The molecule has 1 aromatic rings. The molecule has 2 N–H and O–H groups in total. The van der Waals surface area contributed by atoms with E-state index in [1.165, 1.54) is 12.8 Å². The third-order valence-electron chi connectivity index (χ3n) is 5.68. The molecule has 5 unspecified atom stereocenters. The molecule has 0 aromatic heterocycles. The van der Waals surface area contributed by atoms with Crippen molar-refractivity contribution >= 4 is 11.6 Å². The van der Waals surface area contributed by atoms with Gasteiger partial charge in [0.25, 0.3) is 0 Å². The topological polar surface area (TPSA) is 41.1 Å². The number of anilines is 1. The number of hydrogen-bond acceptors (Lipinski definition) is 2. The first kappa shape index (κ1) is 15.4. The lowest BCUT2D eigenvalue weighted by molar-refractivity contribution is -0.124. The van der Waals surface area contributed by atoms with Crippen molar-refractivity contribution in [1.29, 1.82) is 0 Å². The Bertz CT molecular complexity index is 542. The molecule has 3 heteroatoms. The third kappa shape index (κ3) is 2.99. The number of carbonyl (C=O) groups excluding carboxylic acids is 1. The molecule has 1 aromatic carbocycles. The lowest BCUT2D eigenvalue weighted by Gasteiger charge is -2.37. The average molecular weight is 300 g/mol. The van der Waals surface area contributed by atoms with Gasteiger partial charge in [-0.05, 0) is 43.2 Å². The maximum Gasteiger partial charge on any atom is 0.227 e. The van der Waals surface area contributed by atoms with Crippen LogP contribution in [0.2, 0.25) is 0 Å². The minimum absolute atomic E-state index is 0.0168. The lowest BCUT2D eigenvalue weighted by atomic mass is 9.77. The van der Waals surface area contributed by atoms with Crippen molar-refractivity contribution in [2.24, 2.45) is 11.8 Å². The van der Waals surface area contributed by atoms with Gasteiger partial charge in [-0.2, -0.15) is 0 Å². The van der Waals surface area contributed by atoms with E-state index in [-0.39, 0.29) is 11.8 Å². The minimum Gasteiger partial charge on any atom is -0.382 e. The van der Waals surface area contributed by atoms with Gasteiger partial charge < -0.3 is 10.6 Å². The van der Waals surface area contributed by atoms with Crippen LogP contribution in [0.25, 0.3) is 0 Å². The van der Waals surface area contributed by atoms with Crippen LogP contribution in [-0.4, -0.2) is 18.0 Å². The molecule has 0 saturated heterocycles. The Morgan fingerprint density at radius 1 is 1.18 bits per heavy atom. The van der Waals surface area contributed by atoms with Crippen LogP contribution in [0.5, 0.6) is 0 Å². The van der Waals surface area contributed by atoms with Gasteiger partial charge in [0, 0.05) is 17.8 Å². The summed E-state index contributed by atoms with van der Waals surface area (Å²) in [5.41, 5.74) is 2.26. The molecular formula is C19H28N2O. The fourth-order valence-electron chi connectivity index (χ4n) is 4.05. The highest BCUT2D eigenvalue weighted by molar-refractivity contribution is 5.86. The van der Waals surface area contributed by atoms with E-state index in [9.17, 15) is 4.79 Å². The van der Waals surface area contributed by atoms with E-state index in [1.807, 2.05) is 12.1 Å². The van der Waals surface area contributed by atoms with Crippen molar-refractivity contribution < 1.29 is 4.79 Å². The molecule has 0 spiro atoms. The molecule has 3 nitrogen and oxygen atoms in total. The first-order chi connectivity index (χ1) is 10.6. The highest BCUT2D eigenvalue weighted by Gasteiger charge is 2.33. The standard InChI is InChI=1S/C19H28N2O/c1-12-7-6-10-17(14(12)3)21-19(22)16-11-13(2)20-18-9-5-4-8-15(16)18/h4-5,8-9,12-14,16-17,20H,6-7,10-11H2,1-3H3,(H,21,22).